The van der Waals surface area contributed by atoms with Crippen LogP contribution in [0.15, 0.2) is 33.5 Å². The summed E-state index contributed by atoms with van der Waals surface area (Å²) >= 11 is 2.88. The zero-order valence-corrected chi connectivity index (χ0v) is 8.38. The van der Waals surface area contributed by atoms with Gasteiger partial charge in [0, 0.05) is 11.6 Å². The van der Waals surface area contributed by atoms with E-state index >= 15 is 0 Å². The molecule has 2 rings (SSSR count). The maximum Gasteiger partial charge on any atom is 0.173 e. The molecule has 0 aliphatic rings. The summed E-state index contributed by atoms with van der Waals surface area (Å²) in [5.74, 6) is -1.86. The average Bonchev–Trinajstić information content (AvgIpc) is 2.67. The largest absolute Gasteiger partial charge is 0.364 e. The van der Waals surface area contributed by atoms with Gasteiger partial charge in [0.15, 0.2) is 11.6 Å². The van der Waals surface area contributed by atoms with Gasteiger partial charge < -0.3 is 4.52 Å². The molecule has 1 heterocycles. The van der Waals surface area contributed by atoms with Crippen LogP contribution in [0, 0.1) is 11.6 Å². The van der Waals surface area contributed by atoms with Crippen molar-refractivity contribution in [1.29, 1.82) is 0 Å². The van der Waals surface area contributed by atoms with Crippen LogP contribution >= 0.6 is 15.9 Å². The number of benzene rings is 1. The predicted molar refractivity (Wildman–Crippen MR) is 49.6 cm³/mol. The number of halogens is 3. The van der Waals surface area contributed by atoms with Crippen LogP contribution < -0.4 is 0 Å². The Balaban J connectivity index is 2.61. The number of aromatic nitrogens is 1. The molecule has 0 saturated heterocycles. The zero-order valence-electron chi connectivity index (χ0n) is 6.80. The molecule has 0 spiro atoms. The monoisotopic (exact) mass is 259 g/mol. The van der Waals surface area contributed by atoms with E-state index in [9.17, 15) is 8.78 Å². The molecule has 1 aromatic heterocycles. The van der Waals surface area contributed by atoms with Crippen molar-refractivity contribution in [3.05, 3.63) is 40.6 Å². The third kappa shape index (κ3) is 1.43. The maximum absolute atomic E-state index is 13.3. The lowest BCUT2D eigenvalue weighted by Crippen LogP contribution is -1.90. The molecule has 0 atom stereocenters. The molecule has 0 amide bonds. The molecule has 0 saturated carbocycles. The lowest BCUT2D eigenvalue weighted by atomic mass is 10.1. The summed E-state index contributed by atoms with van der Waals surface area (Å²) in [6, 6.07) is 4.31. The highest BCUT2D eigenvalue weighted by molar-refractivity contribution is 9.10. The van der Waals surface area contributed by atoms with Gasteiger partial charge in [0.1, 0.15) is 12.0 Å². The molecule has 0 unspecified atom stereocenters. The van der Waals surface area contributed by atoms with Gasteiger partial charge in [-0.2, -0.15) is 0 Å². The number of hydrogen-bond acceptors (Lipinski definition) is 2. The second-order valence-electron chi connectivity index (χ2n) is 2.61. The Bertz CT molecular complexity index is 456. The molecule has 0 radical (unpaired) electrons. The zero-order chi connectivity index (χ0) is 10.1. The molecule has 0 aliphatic heterocycles. The van der Waals surface area contributed by atoms with Crippen molar-refractivity contribution in [2.75, 3.05) is 0 Å². The van der Waals surface area contributed by atoms with E-state index in [4.69, 9.17) is 0 Å². The molecular formula is C9H4BrF2NO. The van der Waals surface area contributed by atoms with E-state index in [1.165, 1.54) is 24.5 Å². The topological polar surface area (TPSA) is 26.0 Å². The van der Waals surface area contributed by atoms with E-state index in [0.29, 0.717) is 0 Å². The highest BCUT2D eigenvalue weighted by atomic mass is 79.9. The van der Waals surface area contributed by atoms with Crippen molar-refractivity contribution in [3.8, 4) is 11.3 Å². The first kappa shape index (κ1) is 9.33. The van der Waals surface area contributed by atoms with E-state index in [1.807, 2.05) is 0 Å². The van der Waals surface area contributed by atoms with Crippen molar-refractivity contribution < 1.29 is 13.3 Å². The number of rotatable bonds is 1. The Hall–Kier alpha value is -1.23. The van der Waals surface area contributed by atoms with Gasteiger partial charge in [-0.25, -0.2) is 8.78 Å². The maximum atomic E-state index is 13.3. The Morgan fingerprint density at radius 3 is 2.57 bits per heavy atom. The minimum atomic E-state index is -0.937. The standard InChI is InChI=1S/C9H4BrF2NO/c10-6-2-1-5(8(11)9(6)12)7-3-4-14-13-7/h1-4H. The SMILES string of the molecule is Fc1c(Br)ccc(-c2ccon2)c1F. The molecule has 1 aromatic carbocycles. The molecular weight excluding hydrogens is 256 g/mol. The molecule has 14 heavy (non-hydrogen) atoms. The van der Waals surface area contributed by atoms with Crippen molar-refractivity contribution in [3.63, 3.8) is 0 Å². The van der Waals surface area contributed by atoms with Gasteiger partial charge in [-0.15, -0.1) is 0 Å². The molecule has 2 aromatic rings. The first-order valence-electron chi connectivity index (χ1n) is 3.74. The summed E-state index contributed by atoms with van der Waals surface area (Å²) in [5, 5.41) is 3.52. The van der Waals surface area contributed by atoms with Gasteiger partial charge in [-0.05, 0) is 28.1 Å². The Kier molecular flexibility index (Phi) is 2.33. The predicted octanol–water partition coefficient (Wildman–Crippen LogP) is 3.38. The second-order valence-corrected chi connectivity index (χ2v) is 3.46. The average molecular weight is 260 g/mol. The smallest absolute Gasteiger partial charge is 0.173 e. The Morgan fingerprint density at radius 1 is 1.14 bits per heavy atom. The van der Waals surface area contributed by atoms with E-state index in [0.717, 1.165) is 0 Å². The number of nitrogens with zero attached hydrogens (tertiary/aromatic N) is 1. The normalized spacial score (nSPS) is 10.5. The molecule has 2 nitrogen and oxygen atoms in total. The second kappa shape index (κ2) is 3.49. The summed E-state index contributed by atoms with van der Waals surface area (Å²) in [4.78, 5) is 0. The van der Waals surface area contributed by atoms with Gasteiger partial charge in [0.05, 0.1) is 4.47 Å². The quantitative estimate of drug-likeness (QED) is 0.734. The Labute approximate surface area is 86.7 Å². The lowest BCUT2D eigenvalue weighted by molar-refractivity contribution is 0.421. The molecule has 0 N–H and O–H groups in total. The number of hydrogen-bond donors (Lipinski definition) is 0. The third-order valence-electron chi connectivity index (χ3n) is 1.75. The van der Waals surface area contributed by atoms with Gasteiger partial charge in [0.2, 0.25) is 0 Å². The fraction of sp³-hybridized carbons (Fsp3) is 0. The minimum absolute atomic E-state index is 0.0828. The lowest BCUT2D eigenvalue weighted by Gasteiger charge is -2.00. The van der Waals surface area contributed by atoms with Crippen LogP contribution in [-0.4, -0.2) is 5.16 Å². The van der Waals surface area contributed by atoms with Gasteiger partial charge >= 0.3 is 0 Å². The van der Waals surface area contributed by atoms with Crippen LogP contribution in [0.3, 0.4) is 0 Å². The summed E-state index contributed by atoms with van der Waals surface area (Å²) in [6.45, 7) is 0. The molecule has 0 aliphatic carbocycles. The first-order chi connectivity index (χ1) is 6.70. The Morgan fingerprint density at radius 2 is 1.93 bits per heavy atom. The molecule has 72 valence electrons. The summed E-state index contributed by atoms with van der Waals surface area (Å²) in [7, 11) is 0. The van der Waals surface area contributed by atoms with Crippen LogP contribution in [0.5, 0.6) is 0 Å². The first-order valence-corrected chi connectivity index (χ1v) is 4.53. The highest BCUT2D eigenvalue weighted by Crippen LogP contribution is 2.27. The summed E-state index contributed by atoms with van der Waals surface area (Å²) in [5.41, 5.74) is 0.355. The van der Waals surface area contributed by atoms with E-state index < -0.39 is 11.6 Å². The van der Waals surface area contributed by atoms with Crippen molar-refractivity contribution in [1.82, 2.24) is 5.16 Å². The van der Waals surface area contributed by atoms with Crippen LogP contribution in [0.4, 0.5) is 8.78 Å². The third-order valence-corrected chi connectivity index (χ3v) is 2.36. The van der Waals surface area contributed by atoms with Gasteiger partial charge in [-0.1, -0.05) is 5.16 Å². The van der Waals surface area contributed by atoms with Crippen LogP contribution in [0.1, 0.15) is 0 Å². The van der Waals surface area contributed by atoms with Crippen molar-refractivity contribution in [2.24, 2.45) is 0 Å². The summed E-state index contributed by atoms with van der Waals surface area (Å²) in [6.07, 6.45) is 1.30. The fourth-order valence-electron chi connectivity index (χ4n) is 1.08. The molecule has 0 fully saturated rings. The summed E-state index contributed by atoms with van der Waals surface area (Å²) < 4.78 is 31.1. The van der Waals surface area contributed by atoms with Crippen molar-refractivity contribution >= 4 is 15.9 Å². The van der Waals surface area contributed by atoms with Crippen LogP contribution in [0.25, 0.3) is 11.3 Å². The van der Waals surface area contributed by atoms with Gasteiger partial charge in [0.25, 0.3) is 0 Å². The fourth-order valence-corrected chi connectivity index (χ4v) is 1.38. The highest BCUT2D eigenvalue weighted by Gasteiger charge is 2.14. The molecule has 0 bridgehead atoms. The van der Waals surface area contributed by atoms with Crippen LogP contribution in [0.2, 0.25) is 0 Å². The van der Waals surface area contributed by atoms with E-state index in [-0.39, 0.29) is 15.7 Å². The van der Waals surface area contributed by atoms with Crippen LogP contribution in [-0.2, 0) is 0 Å². The van der Waals surface area contributed by atoms with Gasteiger partial charge in [-0.3, -0.25) is 0 Å². The van der Waals surface area contributed by atoms with Crippen molar-refractivity contribution in [2.45, 2.75) is 0 Å². The molecule has 5 heteroatoms. The van der Waals surface area contributed by atoms with E-state index in [2.05, 4.69) is 25.6 Å². The van der Waals surface area contributed by atoms with E-state index in [1.54, 1.807) is 0 Å². The minimum Gasteiger partial charge on any atom is -0.364 e.